The second-order valence-corrected chi connectivity index (χ2v) is 5.32. The van der Waals surface area contributed by atoms with Crippen LogP contribution in [0.5, 0.6) is 0 Å². The lowest BCUT2D eigenvalue weighted by atomic mass is 10.1. The van der Waals surface area contributed by atoms with Gasteiger partial charge in [-0.2, -0.15) is 0 Å². The molecule has 0 heterocycles. The largest absolute Gasteiger partial charge is 0.480 e. The van der Waals surface area contributed by atoms with Crippen LogP contribution < -0.4 is 5.32 Å². The zero-order chi connectivity index (χ0) is 12.4. The summed E-state index contributed by atoms with van der Waals surface area (Å²) in [7, 11) is 0. The van der Waals surface area contributed by atoms with Crippen molar-refractivity contribution in [2.45, 2.75) is 51.1 Å². The predicted molar refractivity (Wildman–Crippen MR) is 62.7 cm³/mol. The first-order valence-corrected chi connectivity index (χ1v) is 6.35. The van der Waals surface area contributed by atoms with Crippen LogP contribution in [0.3, 0.4) is 0 Å². The highest BCUT2D eigenvalue weighted by molar-refractivity contribution is 5.80. The van der Waals surface area contributed by atoms with Crippen molar-refractivity contribution in [2.24, 2.45) is 5.92 Å². The third-order valence-corrected chi connectivity index (χ3v) is 3.58. The molecule has 5 nitrogen and oxygen atoms in total. The van der Waals surface area contributed by atoms with Crippen LogP contribution in [0.4, 0.5) is 4.79 Å². The molecule has 2 aliphatic carbocycles. The monoisotopic (exact) mass is 240 g/mol. The maximum absolute atomic E-state index is 12.0. The van der Waals surface area contributed by atoms with E-state index in [2.05, 4.69) is 12.2 Å². The Morgan fingerprint density at radius 2 is 2.00 bits per heavy atom. The molecule has 96 valence electrons. The predicted octanol–water partition coefficient (Wildman–Crippen LogP) is 1.43. The van der Waals surface area contributed by atoms with Gasteiger partial charge < -0.3 is 15.3 Å². The highest BCUT2D eigenvalue weighted by Gasteiger charge is 2.35. The van der Waals surface area contributed by atoms with Gasteiger partial charge in [0, 0.05) is 12.1 Å². The van der Waals surface area contributed by atoms with E-state index in [0.717, 1.165) is 32.1 Å². The van der Waals surface area contributed by atoms with Gasteiger partial charge >= 0.3 is 12.0 Å². The van der Waals surface area contributed by atoms with E-state index < -0.39 is 5.97 Å². The molecule has 0 aromatic heterocycles. The fourth-order valence-electron chi connectivity index (χ4n) is 2.49. The van der Waals surface area contributed by atoms with Gasteiger partial charge in [-0.05, 0) is 38.0 Å². The third-order valence-electron chi connectivity index (χ3n) is 3.58. The molecule has 0 radical (unpaired) electrons. The average Bonchev–Trinajstić information content (AvgIpc) is 3.00. The van der Waals surface area contributed by atoms with E-state index in [9.17, 15) is 9.59 Å². The molecule has 0 spiro atoms. The minimum absolute atomic E-state index is 0.143. The molecule has 0 aliphatic heterocycles. The highest BCUT2D eigenvalue weighted by atomic mass is 16.4. The average molecular weight is 240 g/mol. The molecule has 2 amide bonds. The number of urea groups is 1. The lowest BCUT2D eigenvalue weighted by Gasteiger charge is -2.23. The SMILES string of the molecule is CC1CCC(NC(=O)N(CC(=O)O)C2CC2)C1. The van der Waals surface area contributed by atoms with E-state index in [0.29, 0.717) is 5.92 Å². The number of rotatable bonds is 4. The fourth-order valence-corrected chi connectivity index (χ4v) is 2.49. The van der Waals surface area contributed by atoms with Crippen LogP contribution in [0, 0.1) is 5.92 Å². The molecule has 0 aromatic rings. The lowest BCUT2D eigenvalue weighted by Crippen LogP contribution is -2.47. The summed E-state index contributed by atoms with van der Waals surface area (Å²) in [5.74, 6) is -0.277. The quantitative estimate of drug-likeness (QED) is 0.781. The third kappa shape index (κ3) is 3.35. The molecule has 2 N–H and O–H groups in total. The number of aliphatic carboxylic acids is 1. The first kappa shape index (κ1) is 12.2. The second kappa shape index (κ2) is 4.94. The van der Waals surface area contributed by atoms with E-state index in [1.807, 2.05) is 0 Å². The molecular formula is C12H20N2O3. The summed E-state index contributed by atoms with van der Waals surface area (Å²) in [6.45, 7) is 2.00. The van der Waals surface area contributed by atoms with Gasteiger partial charge in [0.1, 0.15) is 6.54 Å². The number of nitrogens with zero attached hydrogens (tertiary/aromatic N) is 1. The van der Waals surface area contributed by atoms with E-state index in [1.54, 1.807) is 0 Å². The van der Waals surface area contributed by atoms with Crippen LogP contribution >= 0.6 is 0 Å². The molecular weight excluding hydrogens is 220 g/mol. The number of hydrogen-bond donors (Lipinski definition) is 2. The van der Waals surface area contributed by atoms with Crippen LogP contribution in [0.2, 0.25) is 0 Å². The Bertz CT molecular complexity index is 315. The molecule has 17 heavy (non-hydrogen) atoms. The Labute approximate surface area is 101 Å². The Hall–Kier alpha value is -1.26. The van der Waals surface area contributed by atoms with E-state index in [-0.39, 0.29) is 24.7 Å². The number of amides is 2. The fraction of sp³-hybridized carbons (Fsp3) is 0.833. The van der Waals surface area contributed by atoms with Gasteiger partial charge in [0.2, 0.25) is 0 Å². The van der Waals surface area contributed by atoms with Gasteiger partial charge in [0.05, 0.1) is 0 Å². The van der Waals surface area contributed by atoms with E-state index in [4.69, 9.17) is 5.11 Å². The van der Waals surface area contributed by atoms with Crippen molar-refractivity contribution in [3.8, 4) is 0 Å². The van der Waals surface area contributed by atoms with Crippen molar-refractivity contribution in [1.29, 1.82) is 0 Å². The Kier molecular flexibility index (Phi) is 3.54. The zero-order valence-electron chi connectivity index (χ0n) is 10.2. The van der Waals surface area contributed by atoms with E-state index >= 15 is 0 Å². The lowest BCUT2D eigenvalue weighted by molar-refractivity contribution is -0.137. The Morgan fingerprint density at radius 1 is 1.29 bits per heavy atom. The van der Waals surface area contributed by atoms with Gasteiger partial charge in [-0.3, -0.25) is 4.79 Å². The van der Waals surface area contributed by atoms with Crippen molar-refractivity contribution < 1.29 is 14.7 Å². The number of carbonyl (C=O) groups is 2. The highest BCUT2D eigenvalue weighted by Crippen LogP contribution is 2.28. The summed E-state index contributed by atoms with van der Waals surface area (Å²) in [4.78, 5) is 24.2. The van der Waals surface area contributed by atoms with Gasteiger partial charge in [-0.1, -0.05) is 6.92 Å². The standard InChI is InChI=1S/C12H20N2O3/c1-8-2-3-9(6-8)13-12(17)14(7-11(15)16)10-4-5-10/h8-10H,2-7H2,1H3,(H,13,17)(H,15,16). The Balaban J connectivity index is 1.85. The minimum Gasteiger partial charge on any atom is -0.480 e. The number of carbonyl (C=O) groups excluding carboxylic acids is 1. The first-order chi connectivity index (χ1) is 8.06. The minimum atomic E-state index is -0.938. The van der Waals surface area contributed by atoms with Crippen LogP contribution in [-0.2, 0) is 4.79 Å². The van der Waals surface area contributed by atoms with Crippen molar-refractivity contribution in [3.63, 3.8) is 0 Å². The maximum Gasteiger partial charge on any atom is 0.323 e. The Morgan fingerprint density at radius 3 is 2.47 bits per heavy atom. The zero-order valence-corrected chi connectivity index (χ0v) is 10.2. The number of hydrogen-bond acceptors (Lipinski definition) is 2. The second-order valence-electron chi connectivity index (χ2n) is 5.32. The summed E-state index contributed by atoms with van der Waals surface area (Å²) in [5.41, 5.74) is 0. The van der Waals surface area contributed by atoms with Gasteiger partial charge in [-0.15, -0.1) is 0 Å². The normalized spacial score (nSPS) is 27.8. The van der Waals surface area contributed by atoms with Gasteiger partial charge in [0.15, 0.2) is 0 Å². The first-order valence-electron chi connectivity index (χ1n) is 6.35. The number of carboxylic acid groups (broad SMARTS) is 1. The molecule has 2 aliphatic rings. The van der Waals surface area contributed by atoms with Crippen molar-refractivity contribution in [2.75, 3.05) is 6.54 Å². The molecule has 2 rings (SSSR count). The molecule has 2 fully saturated rings. The van der Waals surface area contributed by atoms with Crippen LogP contribution in [0.25, 0.3) is 0 Å². The van der Waals surface area contributed by atoms with Crippen molar-refractivity contribution in [3.05, 3.63) is 0 Å². The molecule has 2 atom stereocenters. The maximum atomic E-state index is 12.0. The summed E-state index contributed by atoms with van der Waals surface area (Å²) in [6, 6.07) is 0.173. The van der Waals surface area contributed by atoms with Gasteiger partial charge in [-0.25, -0.2) is 4.79 Å². The molecule has 2 unspecified atom stereocenters. The van der Waals surface area contributed by atoms with E-state index in [1.165, 1.54) is 4.90 Å². The van der Waals surface area contributed by atoms with Crippen LogP contribution in [-0.4, -0.2) is 40.6 Å². The summed E-state index contributed by atoms with van der Waals surface area (Å²) >= 11 is 0. The van der Waals surface area contributed by atoms with Gasteiger partial charge in [0.25, 0.3) is 0 Å². The van der Waals surface area contributed by atoms with Crippen LogP contribution in [0.15, 0.2) is 0 Å². The summed E-state index contributed by atoms with van der Waals surface area (Å²) in [5, 5.41) is 11.8. The van der Waals surface area contributed by atoms with Crippen molar-refractivity contribution >= 4 is 12.0 Å². The number of nitrogens with one attached hydrogen (secondary N) is 1. The topological polar surface area (TPSA) is 69.6 Å². The number of carboxylic acids is 1. The molecule has 2 saturated carbocycles. The van der Waals surface area contributed by atoms with Crippen molar-refractivity contribution in [1.82, 2.24) is 10.2 Å². The summed E-state index contributed by atoms with van der Waals surface area (Å²) in [6.07, 6.45) is 5.03. The van der Waals surface area contributed by atoms with Crippen LogP contribution in [0.1, 0.15) is 39.0 Å². The molecule has 0 saturated heterocycles. The summed E-state index contributed by atoms with van der Waals surface area (Å²) < 4.78 is 0. The molecule has 0 bridgehead atoms. The smallest absolute Gasteiger partial charge is 0.323 e. The molecule has 0 aromatic carbocycles. The molecule has 5 heteroatoms.